The number of benzene rings is 1. The second kappa shape index (κ2) is 8.16. The van der Waals surface area contributed by atoms with Crippen LogP contribution in [0.25, 0.3) is 0 Å². The summed E-state index contributed by atoms with van der Waals surface area (Å²) < 4.78 is 14.3. The molecule has 138 valence electrons. The van der Waals surface area contributed by atoms with Crippen molar-refractivity contribution in [1.82, 2.24) is 0 Å². The third-order valence-electron chi connectivity index (χ3n) is 6.71. The summed E-state index contributed by atoms with van der Waals surface area (Å²) in [5.41, 5.74) is 1.68. The molecule has 1 aromatic rings. The summed E-state index contributed by atoms with van der Waals surface area (Å²) in [6, 6.07) is 8.73. The van der Waals surface area contributed by atoms with E-state index < -0.39 is 0 Å². The standard InChI is InChI=1S/C22H31IO2/c23-15-12-17-6-8-20(9-7-17)25-21(24-19-4-2-1-3-5-19)22-13-10-18(16-22)11-14-22/h6-9,18-19,21H,1-5,10-16H2. The van der Waals surface area contributed by atoms with Crippen molar-refractivity contribution in [2.45, 2.75) is 83.0 Å². The maximum absolute atomic E-state index is 6.65. The lowest BCUT2D eigenvalue weighted by atomic mass is 9.83. The minimum atomic E-state index is -0.0430. The van der Waals surface area contributed by atoms with E-state index in [4.69, 9.17) is 9.47 Å². The van der Waals surface area contributed by atoms with Gasteiger partial charge in [-0.1, -0.05) is 54.0 Å². The van der Waals surface area contributed by atoms with E-state index >= 15 is 0 Å². The van der Waals surface area contributed by atoms with Crippen molar-refractivity contribution < 1.29 is 9.47 Å². The Kier molecular flexibility index (Phi) is 5.91. The molecule has 1 unspecified atom stereocenters. The van der Waals surface area contributed by atoms with Gasteiger partial charge in [-0.2, -0.15) is 0 Å². The molecular weight excluding hydrogens is 423 g/mol. The van der Waals surface area contributed by atoms with E-state index in [1.807, 2.05) is 0 Å². The van der Waals surface area contributed by atoms with Crippen LogP contribution in [0.1, 0.15) is 69.8 Å². The van der Waals surface area contributed by atoms with Gasteiger partial charge < -0.3 is 9.47 Å². The number of hydrogen-bond donors (Lipinski definition) is 0. The molecular formula is C22H31IO2. The van der Waals surface area contributed by atoms with Crippen LogP contribution in [0.15, 0.2) is 24.3 Å². The van der Waals surface area contributed by atoms with Crippen LogP contribution in [0.3, 0.4) is 0 Å². The van der Waals surface area contributed by atoms with E-state index in [-0.39, 0.29) is 11.7 Å². The van der Waals surface area contributed by atoms with Crippen LogP contribution >= 0.6 is 22.6 Å². The molecule has 0 spiro atoms. The van der Waals surface area contributed by atoms with Crippen molar-refractivity contribution in [2.24, 2.45) is 11.3 Å². The summed E-state index contributed by atoms with van der Waals surface area (Å²) in [6.07, 6.45) is 14.6. The van der Waals surface area contributed by atoms with Gasteiger partial charge in [0.15, 0.2) is 0 Å². The monoisotopic (exact) mass is 454 g/mol. The van der Waals surface area contributed by atoms with Crippen LogP contribution in [0.4, 0.5) is 0 Å². The molecule has 0 amide bonds. The molecule has 3 aliphatic carbocycles. The first-order chi connectivity index (χ1) is 12.3. The van der Waals surface area contributed by atoms with Gasteiger partial charge in [-0.25, -0.2) is 0 Å². The first-order valence-corrected chi connectivity index (χ1v) is 11.8. The van der Waals surface area contributed by atoms with Crippen molar-refractivity contribution in [1.29, 1.82) is 0 Å². The van der Waals surface area contributed by atoms with Gasteiger partial charge in [-0.3, -0.25) is 0 Å². The predicted octanol–water partition coefficient (Wildman–Crippen LogP) is 6.30. The Hall–Kier alpha value is -0.290. The van der Waals surface area contributed by atoms with Gasteiger partial charge in [-0.15, -0.1) is 0 Å². The van der Waals surface area contributed by atoms with Crippen LogP contribution in [0, 0.1) is 11.3 Å². The fraction of sp³-hybridized carbons (Fsp3) is 0.727. The highest BCUT2D eigenvalue weighted by molar-refractivity contribution is 14.1. The normalized spacial score (nSPS) is 30.5. The predicted molar refractivity (Wildman–Crippen MR) is 110 cm³/mol. The van der Waals surface area contributed by atoms with Crippen molar-refractivity contribution in [3.05, 3.63) is 29.8 Å². The third-order valence-corrected chi connectivity index (χ3v) is 7.25. The van der Waals surface area contributed by atoms with E-state index in [0.717, 1.165) is 22.5 Å². The summed E-state index contributed by atoms with van der Waals surface area (Å²) in [5.74, 6) is 1.91. The number of ether oxygens (including phenoxy) is 2. The van der Waals surface area contributed by atoms with Crippen LogP contribution in [0.5, 0.6) is 5.75 Å². The molecule has 3 aliphatic rings. The number of alkyl halides is 1. The molecule has 3 heteroatoms. The molecule has 1 aromatic carbocycles. The Morgan fingerprint density at radius 2 is 1.72 bits per heavy atom. The summed E-state index contributed by atoms with van der Waals surface area (Å²) >= 11 is 2.44. The van der Waals surface area contributed by atoms with E-state index in [1.165, 1.54) is 69.8 Å². The molecule has 3 fully saturated rings. The Balaban J connectivity index is 1.48. The highest BCUT2D eigenvalue weighted by Crippen LogP contribution is 2.57. The Morgan fingerprint density at radius 3 is 2.32 bits per heavy atom. The average molecular weight is 454 g/mol. The number of hydrogen-bond acceptors (Lipinski definition) is 2. The maximum Gasteiger partial charge on any atom is 0.205 e. The zero-order chi connectivity index (χ0) is 17.1. The average Bonchev–Trinajstić information content (AvgIpc) is 3.26. The molecule has 0 saturated heterocycles. The first kappa shape index (κ1) is 18.1. The summed E-state index contributed by atoms with van der Waals surface area (Å²) in [5, 5.41) is 0. The SMILES string of the molecule is ICCc1ccc(OC(OC2CCCCC2)C23CCC(CC2)C3)cc1. The van der Waals surface area contributed by atoms with E-state index in [2.05, 4.69) is 46.9 Å². The van der Waals surface area contributed by atoms with E-state index in [1.54, 1.807) is 0 Å². The molecule has 0 N–H and O–H groups in total. The largest absolute Gasteiger partial charge is 0.464 e. The number of fused-ring (bicyclic) bond motifs is 2. The molecule has 25 heavy (non-hydrogen) atoms. The van der Waals surface area contributed by atoms with Crippen LogP contribution in [0.2, 0.25) is 0 Å². The van der Waals surface area contributed by atoms with E-state index in [9.17, 15) is 0 Å². The lowest BCUT2D eigenvalue weighted by Crippen LogP contribution is -2.41. The van der Waals surface area contributed by atoms with Gasteiger partial charge in [0.25, 0.3) is 0 Å². The third kappa shape index (κ3) is 4.18. The lowest BCUT2D eigenvalue weighted by molar-refractivity contribution is -0.189. The van der Waals surface area contributed by atoms with Crippen LogP contribution in [-0.4, -0.2) is 16.8 Å². The molecule has 4 rings (SSSR count). The first-order valence-electron chi connectivity index (χ1n) is 10.2. The van der Waals surface area contributed by atoms with Crippen molar-refractivity contribution >= 4 is 22.6 Å². The Morgan fingerprint density at radius 1 is 1.00 bits per heavy atom. The smallest absolute Gasteiger partial charge is 0.205 e. The number of rotatable bonds is 7. The molecule has 0 aliphatic heterocycles. The van der Waals surface area contributed by atoms with Gasteiger partial charge in [0.1, 0.15) is 5.75 Å². The van der Waals surface area contributed by atoms with Crippen LogP contribution < -0.4 is 4.74 Å². The van der Waals surface area contributed by atoms with Crippen molar-refractivity contribution in [3.8, 4) is 5.75 Å². The second-order valence-corrected chi connectivity index (χ2v) is 9.52. The lowest BCUT2D eigenvalue weighted by Gasteiger charge is -2.38. The molecule has 3 saturated carbocycles. The number of aryl methyl sites for hydroxylation is 1. The molecule has 0 heterocycles. The minimum Gasteiger partial charge on any atom is -0.464 e. The molecule has 0 aromatic heterocycles. The van der Waals surface area contributed by atoms with Gasteiger partial charge in [0.05, 0.1) is 6.10 Å². The zero-order valence-corrected chi connectivity index (χ0v) is 17.4. The molecule has 1 atom stereocenters. The fourth-order valence-corrected chi connectivity index (χ4v) is 5.83. The second-order valence-electron chi connectivity index (χ2n) is 8.44. The van der Waals surface area contributed by atoms with Gasteiger partial charge in [0.2, 0.25) is 6.29 Å². The number of halogens is 1. The summed E-state index contributed by atoms with van der Waals surface area (Å²) in [4.78, 5) is 0. The van der Waals surface area contributed by atoms with Gasteiger partial charge in [0, 0.05) is 9.84 Å². The zero-order valence-electron chi connectivity index (χ0n) is 15.2. The quantitative estimate of drug-likeness (QED) is 0.274. The fourth-order valence-electron chi connectivity index (χ4n) is 5.21. The highest BCUT2D eigenvalue weighted by Gasteiger charge is 2.52. The molecule has 0 radical (unpaired) electrons. The van der Waals surface area contributed by atoms with Crippen molar-refractivity contribution in [3.63, 3.8) is 0 Å². The minimum absolute atomic E-state index is 0.0430. The molecule has 2 bridgehead atoms. The van der Waals surface area contributed by atoms with Gasteiger partial charge >= 0.3 is 0 Å². The van der Waals surface area contributed by atoms with Gasteiger partial charge in [-0.05, 0) is 75.0 Å². The topological polar surface area (TPSA) is 18.5 Å². The highest BCUT2D eigenvalue weighted by atomic mass is 127. The van der Waals surface area contributed by atoms with Crippen molar-refractivity contribution in [2.75, 3.05) is 4.43 Å². The Labute approximate surface area is 166 Å². The summed E-state index contributed by atoms with van der Waals surface area (Å²) in [6.45, 7) is 0. The molecule has 2 nitrogen and oxygen atoms in total. The van der Waals surface area contributed by atoms with E-state index in [0.29, 0.717) is 6.10 Å². The summed E-state index contributed by atoms with van der Waals surface area (Å²) in [7, 11) is 0. The Bertz CT molecular complexity index is 542. The van der Waals surface area contributed by atoms with Crippen LogP contribution in [-0.2, 0) is 11.2 Å². The maximum atomic E-state index is 6.65.